The summed E-state index contributed by atoms with van der Waals surface area (Å²) in [6.07, 6.45) is 0. The second-order valence-electron chi connectivity index (χ2n) is 6.29. The van der Waals surface area contributed by atoms with Crippen LogP contribution >= 0.6 is 0 Å². The van der Waals surface area contributed by atoms with Gasteiger partial charge in [0.2, 0.25) is 10.0 Å². The number of carbonyl (C=O) groups excluding carboxylic acids is 1. The highest BCUT2D eigenvalue weighted by Gasteiger charge is 2.20. The van der Waals surface area contributed by atoms with Crippen LogP contribution in [0, 0.1) is 24.0 Å². The predicted molar refractivity (Wildman–Crippen MR) is 104 cm³/mol. The molecule has 2 aromatic rings. The summed E-state index contributed by atoms with van der Waals surface area (Å²) in [6.45, 7) is 3.20. The van der Waals surface area contributed by atoms with Gasteiger partial charge in [0, 0.05) is 31.9 Å². The van der Waals surface area contributed by atoms with Crippen LogP contribution in [0.2, 0.25) is 0 Å². The van der Waals surface area contributed by atoms with E-state index in [4.69, 9.17) is 4.74 Å². The lowest BCUT2D eigenvalue weighted by Crippen LogP contribution is -2.24. The molecular weight excluding hydrogens is 386 g/mol. The molecule has 0 unspecified atom stereocenters. The first-order valence-corrected chi connectivity index (χ1v) is 9.67. The van der Waals surface area contributed by atoms with Gasteiger partial charge in [0.15, 0.2) is 6.61 Å². The third-order valence-corrected chi connectivity index (χ3v) is 5.90. The van der Waals surface area contributed by atoms with E-state index in [0.717, 1.165) is 15.4 Å². The van der Waals surface area contributed by atoms with Crippen molar-refractivity contribution in [1.82, 2.24) is 4.31 Å². The fraction of sp³-hybridized carbons (Fsp3) is 0.278. The topological polar surface area (TPSA) is 119 Å². The van der Waals surface area contributed by atoms with Crippen LogP contribution in [0.4, 0.5) is 11.4 Å². The molecule has 0 aliphatic heterocycles. The second-order valence-corrected chi connectivity index (χ2v) is 8.44. The van der Waals surface area contributed by atoms with Crippen molar-refractivity contribution in [1.29, 1.82) is 0 Å². The largest absolute Gasteiger partial charge is 0.484 e. The number of benzene rings is 2. The number of rotatable bonds is 7. The Balaban J connectivity index is 2.13. The number of anilines is 1. The molecule has 10 heteroatoms. The number of hydrogen-bond donors (Lipinski definition) is 1. The number of hydrogen-bond acceptors (Lipinski definition) is 6. The van der Waals surface area contributed by atoms with E-state index < -0.39 is 20.9 Å². The molecule has 1 N–H and O–H groups in total. The Morgan fingerprint density at radius 3 is 2.32 bits per heavy atom. The van der Waals surface area contributed by atoms with Crippen LogP contribution in [-0.4, -0.2) is 44.3 Å². The first-order chi connectivity index (χ1) is 13.0. The highest BCUT2D eigenvalue weighted by atomic mass is 32.2. The van der Waals surface area contributed by atoms with Crippen LogP contribution in [-0.2, 0) is 14.8 Å². The molecule has 0 atom stereocenters. The summed E-state index contributed by atoms with van der Waals surface area (Å²) in [4.78, 5) is 22.4. The Morgan fingerprint density at radius 1 is 1.18 bits per heavy atom. The summed E-state index contributed by atoms with van der Waals surface area (Å²) in [5.41, 5.74) is 1.75. The van der Waals surface area contributed by atoms with E-state index in [1.54, 1.807) is 19.9 Å². The fourth-order valence-corrected chi connectivity index (χ4v) is 3.33. The monoisotopic (exact) mass is 407 g/mol. The Hall–Kier alpha value is -2.98. The van der Waals surface area contributed by atoms with Crippen molar-refractivity contribution in [2.75, 3.05) is 26.0 Å². The molecule has 0 radical (unpaired) electrons. The molecular formula is C18H21N3O6S. The zero-order valence-corrected chi connectivity index (χ0v) is 16.7. The van der Waals surface area contributed by atoms with E-state index in [0.29, 0.717) is 11.4 Å². The lowest BCUT2D eigenvalue weighted by atomic mass is 10.1. The number of carbonyl (C=O) groups is 1. The minimum Gasteiger partial charge on any atom is -0.484 e. The van der Waals surface area contributed by atoms with E-state index in [1.165, 1.54) is 44.4 Å². The lowest BCUT2D eigenvalue weighted by Gasteiger charge is -2.16. The van der Waals surface area contributed by atoms with Crippen molar-refractivity contribution in [3.63, 3.8) is 0 Å². The third kappa shape index (κ3) is 4.84. The summed E-state index contributed by atoms with van der Waals surface area (Å²) >= 11 is 0. The second kappa shape index (κ2) is 8.36. The normalized spacial score (nSPS) is 11.3. The van der Waals surface area contributed by atoms with Gasteiger partial charge >= 0.3 is 0 Å². The maximum absolute atomic E-state index is 12.4. The molecule has 0 heterocycles. The summed E-state index contributed by atoms with van der Waals surface area (Å²) in [7, 11) is -0.782. The summed E-state index contributed by atoms with van der Waals surface area (Å²) in [5, 5.41) is 13.3. The van der Waals surface area contributed by atoms with Crippen LogP contribution in [0.15, 0.2) is 41.3 Å². The number of nitrogens with zero attached hydrogens (tertiary/aromatic N) is 2. The molecule has 0 aromatic heterocycles. The van der Waals surface area contributed by atoms with Crippen molar-refractivity contribution in [2.45, 2.75) is 18.7 Å². The van der Waals surface area contributed by atoms with Crippen molar-refractivity contribution in [2.24, 2.45) is 0 Å². The molecule has 0 saturated carbocycles. The summed E-state index contributed by atoms with van der Waals surface area (Å²) in [5.74, 6) is -0.183. The third-order valence-electron chi connectivity index (χ3n) is 4.11. The number of sulfonamides is 1. The molecule has 0 aliphatic carbocycles. The van der Waals surface area contributed by atoms with E-state index >= 15 is 0 Å². The average molecular weight is 407 g/mol. The van der Waals surface area contributed by atoms with Gasteiger partial charge in [-0.3, -0.25) is 14.9 Å². The highest BCUT2D eigenvalue weighted by Crippen LogP contribution is 2.25. The van der Waals surface area contributed by atoms with Gasteiger partial charge in [0.1, 0.15) is 5.75 Å². The van der Waals surface area contributed by atoms with Crippen molar-refractivity contribution < 1.29 is 22.9 Å². The van der Waals surface area contributed by atoms with Crippen molar-refractivity contribution >= 4 is 27.3 Å². The van der Waals surface area contributed by atoms with E-state index in [-0.39, 0.29) is 17.2 Å². The van der Waals surface area contributed by atoms with Crippen LogP contribution in [0.1, 0.15) is 11.1 Å². The Labute approximate surface area is 163 Å². The first-order valence-electron chi connectivity index (χ1n) is 8.23. The van der Waals surface area contributed by atoms with Gasteiger partial charge in [-0.15, -0.1) is 0 Å². The Kier molecular flexibility index (Phi) is 6.37. The van der Waals surface area contributed by atoms with E-state index in [1.807, 2.05) is 0 Å². The number of ether oxygens (including phenoxy) is 1. The van der Waals surface area contributed by atoms with Crippen LogP contribution in [0.25, 0.3) is 0 Å². The molecule has 2 rings (SSSR count). The molecule has 1 amide bonds. The predicted octanol–water partition coefficient (Wildman–Crippen LogP) is 2.48. The zero-order valence-electron chi connectivity index (χ0n) is 15.9. The van der Waals surface area contributed by atoms with Gasteiger partial charge in [-0.1, -0.05) is 0 Å². The van der Waals surface area contributed by atoms with Gasteiger partial charge in [-0.2, -0.15) is 0 Å². The number of nitro benzene ring substituents is 1. The van der Waals surface area contributed by atoms with Gasteiger partial charge < -0.3 is 10.1 Å². The smallest absolute Gasteiger partial charge is 0.269 e. The van der Waals surface area contributed by atoms with Crippen molar-refractivity contribution in [3.8, 4) is 5.75 Å². The zero-order chi connectivity index (χ0) is 21.1. The molecule has 0 saturated heterocycles. The van der Waals surface area contributed by atoms with Gasteiger partial charge in [0.25, 0.3) is 11.6 Å². The Bertz CT molecular complexity index is 1000. The van der Waals surface area contributed by atoms with Crippen LogP contribution in [0.5, 0.6) is 5.75 Å². The quantitative estimate of drug-likeness (QED) is 0.556. The number of amides is 1. The van der Waals surface area contributed by atoms with Gasteiger partial charge in [0.05, 0.1) is 9.82 Å². The number of nitro groups is 1. The fourth-order valence-electron chi connectivity index (χ4n) is 2.32. The molecule has 0 bridgehead atoms. The van der Waals surface area contributed by atoms with Gasteiger partial charge in [-0.25, -0.2) is 12.7 Å². The van der Waals surface area contributed by atoms with Crippen LogP contribution < -0.4 is 10.1 Å². The van der Waals surface area contributed by atoms with E-state index in [2.05, 4.69) is 5.32 Å². The lowest BCUT2D eigenvalue weighted by molar-refractivity contribution is -0.384. The number of nitrogens with one attached hydrogen (secondary N) is 1. The summed E-state index contributed by atoms with van der Waals surface area (Å²) in [6, 6.07) is 8.29. The minimum atomic E-state index is -3.65. The SMILES string of the molecule is Cc1cc(S(=O)(=O)N(C)C)cc(NC(=O)COc2ccc([N+](=O)[O-])cc2)c1C. The highest BCUT2D eigenvalue weighted by molar-refractivity contribution is 7.89. The van der Waals surface area contributed by atoms with Crippen LogP contribution in [0.3, 0.4) is 0 Å². The van der Waals surface area contributed by atoms with E-state index in [9.17, 15) is 23.3 Å². The number of non-ortho nitro benzene ring substituents is 1. The maximum Gasteiger partial charge on any atom is 0.269 e. The molecule has 0 spiro atoms. The molecule has 2 aromatic carbocycles. The summed E-state index contributed by atoms with van der Waals surface area (Å²) < 4.78 is 31.1. The van der Waals surface area contributed by atoms with Gasteiger partial charge in [-0.05, 0) is 49.2 Å². The molecule has 150 valence electrons. The number of aryl methyl sites for hydroxylation is 1. The molecule has 0 aliphatic rings. The maximum atomic E-state index is 12.4. The minimum absolute atomic E-state index is 0.0761. The molecule has 28 heavy (non-hydrogen) atoms. The molecule has 0 fully saturated rings. The standard InChI is InChI=1S/C18H21N3O6S/c1-12-9-16(28(25,26)20(3)4)10-17(13(12)2)19-18(22)11-27-15-7-5-14(6-8-15)21(23)24/h5-10H,11H2,1-4H3,(H,19,22). The molecule has 9 nitrogen and oxygen atoms in total. The average Bonchev–Trinajstić information content (AvgIpc) is 2.63. The Morgan fingerprint density at radius 2 is 1.79 bits per heavy atom. The van der Waals surface area contributed by atoms with Crippen molar-refractivity contribution in [3.05, 3.63) is 57.6 Å². The first kappa shape index (κ1) is 21.3.